The molecule has 0 aliphatic rings. The molecule has 2 N–H and O–H groups in total. The third-order valence-electron chi connectivity index (χ3n) is 2.83. The average Bonchev–Trinajstić information content (AvgIpc) is 2.74. The molecule has 0 bridgehead atoms. The highest BCUT2D eigenvalue weighted by atomic mass is 19.1. The Kier molecular flexibility index (Phi) is 3.23. The zero-order valence-electron chi connectivity index (χ0n) is 10.5. The lowest BCUT2D eigenvalue weighted by Crippen LogP contribution is -1.97. The van der Waals surface area contributed by atoms with E-state index in [-0.39, 0.29) is 17.6 Å². The number of ether oxygens (including phenoxy) is 1. The summed E-state index contributed by atoms with van der Waals surface area (Å²) in [6.07, 6.45) is 1.46. The smallest absolute Gasteiger partial charge is 0.230 e. The van der Waals surface area contributed by atoms with Crippen LogP contribution >= 0.6 is 0 Å². The molecule has 96 valence electrons. The Morgan fingerprint density at radius 2 is 2.06 bits per heavy atom. The van der Waals surface area contributed by atoms with E-state index in [0.29, 0.717) is 11.1 Å². The molecule has 0 radical (unpaired) electrons. The maximum atomic E-state index is 14.0. The van der Waals surface area contributed by atoms with Crippen LogP contribution in [-0.2, 0) is 0 Å². The zero-order chi connectivity index (χ0) is 13.3. The van der Waals surface area contributed by atoms with Crippen LogP contribution < -0.4 is 10.5 Å². The first-order chi connectivity index (χ1) is 8.54. The van der Waals surface area contributed by atoms with E-state index in [0.717, 1.165) is 5.56 Å². The first-order valence-electron chi connectivity index (χ1n) is 5.62. The number of hydrogen-bond acceptors (Lipinski definition) is 4. The van der Waals surface area contributed by atoms with Gasteiger partial charge in [0.05, 0.1) is 18.9 Å². The molecular weight excluding hydrogens is 235 g/mol. The number of aromatic nitrogens is 1. The maximum Gasteiger partial charge on any atom is 0.230 e. The molecule has 0 amide bonds. The van der Waals surface area contributed by atoms with E-state index in [4.69, 9.17) is 15.0 Å². The minimum atomic E-state index is -0.417. The fraction of sp³-hybridized carbons (Fsp3) is 0.308. The topological polar surface area (TPSA) is 61.3 Å². The summed E-state index contributed by atoms with van der Waals surface area (Å²) in [5.41, 5.74) is 7.62. The minimum Gasteiger partial charge on any atom is -0.493 e. The summed E-state index contributed by atoms with van der Waals surface area (Å²) in [5.74, 6) is 0.0763. The average molecular weight is 250 g/mol. The summed E-state index contributed by atoms with van der Waals surface area (Å²) in [5, 5.41) is 3.60. The van der Waals surface area contributed by atoms with Crippen LogP contribution in [0.1, 0.15) is 25.3 Å². The van der Waals surface area contributed by atoms with Crippen LogP contribution in [0.2, 0.25) is 0 Å². The molecule has 1 aromatic heterocycles. The van der Waals surface area contributed by atoms with E-state index in [1.54, 1.807) is 0 Å². The molecule has 5 heteroatoms. The van der Waals surface area contributed by atoms with Gasteiger partial charge in [-0.3, -0.25) is 0 Å². The standard InChI is InChI=1S/C13H15FN2O2/c1-7(2)8-4-9(10-6-16-18-13(10)15)12(17-3)11(14)5-8/h4-7H,15H2,1-3H3. The molecule has 0 atom stereocenters. The first kappa shape index (κ1) is 12.4. The Morgan fingerprint density at radius 3 is 2.56 bits per heavy atom. The summed E-state index contributed by atoms with van der Waals surface area (Å²) < 4.78 is 23.9. The van der Waals surface area contributed by atoms with Crippen LogP contribution in [0, 0.1) is 5.82 Å². The van der Waals surface area contributed by atoms with E-state index in [2.05, 4.69) is 5.16 Å². The molecule has 0 saturated heterocycles. The summed E-state index contributed by atoms with van der Waals surface area (Å²) in [4.78, 5) is 0. The molecule has 0 aliphatic carbocycles. The number of nitrogens with zero attached hydrogens (tertiary/aromatic N) is 1. The lowest BCUT2D eigenvalue weighted by Gasteiger charge is -2.13. The van der Waals surface area contributed by atoms with Crippen molar-refractivity contribution in [3.8, 4) is 16.9 Å². The number of halogens is 1. The highest BCUT2D eigenvalue weighted by Crippen LogP contribution is 2.37. The summed E-state index contributed by atoms with van der Waals surface area (Å²) in [6, 6.07) is 3.31. The van der Waals surface area contributed by atoms with E-state index in [1.807, 2.05) is 19.9 Å². The van der Waals surface area contributed by atoms with Crippen molar-refractivity contribution in [2.75, 3.05) is 12.8 Å². The highest BCUT2D eigenvalue weighted by molar-refractivity contribution is 5.77. The fourth-order valence-electron chi connectivity index (χ4n) is 1.81. The Hall–Kier alpha value is -2.04. The van der Waals surface area contributed by atoms with Crippen LogP contribution in [0.15, 0.2) is 22.9 Å². The second-order valence-electron chi connectivity index (χ2n) is 4.34. The fourth-order valence-corrected chi connectivity index (χ4v) is 1.81. The van der Waals surface area contributed by atoms with Crippen LogP contribution in [0.5, 0.6) is 5.75 Å². The van der Waals surface area contributed by atoms with Gasteiger partial charge in [0.25, 0.3) is 0 Å². The van der Waals surface area contributed by atoms with Crippen molar-refractivity contribution >= 4 is 5.88 Å². The number of nitrogen functional groups attached to an aromatic ring is 1. The monoisotopic (exact) mass is 250 g/mol. The predicted molar refractivity (Wildman–Crippen MR) is 67.0 cm³/mol. The summed E-state index contributed by atoms with van der Waals surface area (Å²) in [7, 11) is 1.42. The van der Waals surface area contributed by atoms with E-state index < -0.39 is 5.82 Å². The van der Waals surface area contributed by atoms with Crippen LogP contribution in [-0.4, -0.2) is 12.3 Å². The van der Waals surface area contributed by atoms with Crippen molar-refractivity contribution in [1.29, 1.82) is 0 Å². The third-order valence-corrected chi connectivity index (χ3v) is 2.83. The summed E-state index contributed by atoms with van der Waals surface area (Å²) >= 11 is 0. The SMILES string of the molecule is COc1c(F)cc(C(C)C)cc1-c1cnoc1N. The molecule has 2 rings (SSSR count). The molecule has 4 nitrogen and oxygen atoms in total. The molecule has 0 saturated carbocycles. The van der Waals surface area contributed by atoms with Crippen molar-refractivity contribution in [3.63, 3.8) is 0 Å². The van der Waals surface area contributed by atoms with Gasteiger partial charge in [0, 0.05) is 5.56 Å². The van der Waals surface area contributed by atoms with Gasteiger partial charge in [0.15, 0.2) is 11.6 Å². The van der Waals surface area contributed by atoms with Crippen molar-refractivity contribution in [2.45, 2.75) is 19.8 Å². The molecule has 1 heterocycles. The number of hydrogen-bond donors (Lipinski definition) is 1. The molecule has 0 fully saturated rings. The summed E-state index contributed by atoms with van der Waals surface area (Å²) in [6.45, 7) is 3.98. The first-order valence-corrected chi connectivity index (χ1v) is 5.62. The largest absolute Gasteiger partial charge is 0.493 e. The number of rotatable bonds is 3. The van der Waals surface area contributed by atoms with E-state index >= 15 is 0 Å². The van der Waals surface area contributed by atoms with Crippen molar-refractivity contribution < 1.29 is 13.7 Å². The number of nitrogens with two attached hydrogens (primary N) is 1. The number of benzene rings is 1. The van der Waals surface area contributed by atoms with Gasteiger partial charge in [0.1, 0.15) is 0 Å². The molecular formula is C13H15FN2O2. The van der Waals surface area contributed by atoms with Gasteiger partial charge >= 0.3 is 0 Å². The number of anilines is 1. The molecule has 18 heavy (non-hydrogen) atoms. The van der Waals surface area contributed by atoms with Gasteiger partial charge in [-0.2, -0.15) is 0 Å². The Bertz CT molecular complexity index is 564. The van der Waals surface area contributed by atoms with Crippen molar-refractivity contribution in [3.05, 3.63) is 29.7 Å². The van der Waals surface area contributed by atoms with E-state index in [1.165, 1.54) is 19.4 Å². The van der Waals surface area contributed by atoms with Crippen LogP contribution in [0.4, 0.5) is 10.3 Å². The molecule has 2 aromatic rings. The highest BCUT2D eigenvalue weighted by Gasteiger charge is 2.18. The van der Waals surface area contributed by atoms with Crippen LogP contribution in [0.3, 0.4) is 0 Å². The van der Waals surface area contributed by atoms with Gasteiger partial charge < -0.3 is 15.0 Å². The predicted octanol–water partition coefficient (Wildman–Crippen LogP) is 3.19. The Morgan fingerprint density at radius 1 is 1.33 bits per heavy atom. The number of methoxy groups -OCH3 is 1. The van der Waals surface area contributed by atoms with Gasteiger partial charge in [-0.15, -0.1) is 0 Å². The lowest BCUT2D eigenvalue weighted by molar-refractivity contribution is 0.387. The Balaban J connectivity index is 2.67. The maximum absolute atomic E-state index is 14.0. The molecule has 0 aliphatic heterocycles. The third kappa shape index (κ3) is 2.03. The van der Waals surface area contributed by atoms with Crippen LogP contribution in [0.25, 0.3) is 11.1 Å². The minimum absolute atomic E-state index is 0.147. The van der Waals surface area contributed by atoms with E-state index in [9.17, 15) is 4.39 Å². The second kappa shape index (κ2) is 4.68. The second-order valence-corrected chi connectivity index (χ2v) is 4.34. The molecule has 1 aromatic carbocycles. The quantitative estimate of drug-likeness (QED) is 0.908. The van der Waals surface area contributed by atoms with Gasteiger partial charge in [-0.1, -0.05) is 19.0 Å². The molecule has 0 spiro atoms. The normalized spacial score (nSPS) is 10.9. The lowest BCUT2D eigenvalue weighted by atomic mass is 9.97. The van der Waals surface area contributed by atoms with Crippen molar-refractivity contribution in [1.82, 2.24) is 5.16 Å². The Labute approximate surface area is 105 Å². The zero-order valence-corrected chi connectivity index (χ0v) is 10.5. The molecule has 0 unspecified atom stereocenters. The van der Waals surface area contributed by atoms with Gasteiger partial charge in [0.2, 0.25) is 5.88 Å². The van der Waals surface area contributed by atoms with Gasteiger partial charge in [-0.25, -0.2) is 4.39 Å². The van der Waals surface area contributed by atoms with Gasteiger partial charge in [-0.05, 0) is 23.6 Å². The van der Waals surface area contributed by atoms with Crippen molar-refractivity contribution in [2.24, 2.45) is 0 Å².